The first kappa shape index (κ1) is 13.1. The minimum Gasteiger partial charge on any atom is -0.478 e. The summed E-state index contributed by atoms with van der Waals surface area (Å²) in [4.78, 5) is 22.9. The molecular weight excluding hydrogens is 298 g/mol. The Kier molecular flexibility index (Phi) is 3.71. The molecular formula is C13H14BrNO3. The summed E-state index contributed by atoms with van der Waals surface area (Å²) in [5.74, 6) is -0.592. The molecule has 1 fully saturated rings. The zero-order valence-electron chi connectivity index (χ0n) is 9.94. The third-order valence-electron chi connectivity index (χ3n) is 3.21. The lowest BCUT2D eigenvalue weighted by atomic mass is 10.1. The van der Waals surface area contributed by atoms with E-state index in [1.165, 1.54) is 6.07 Å². The van der Waals surface area contributed by atoms with Gasteiger partial charge in [-0.05, 0) is 52.9 Å². The van der Waals surface area contributed by atoms with Crippen molar-refractivity contribution in [3.63, 3.8) is 0 Å². The average molecular weight is 312 g/mol. The van der Waals surface area contributed by atoms with Crippen molar-refractivity contribution in [3.8, 4) is 0 Å². The van der Waals surface area contributed by atoms with Crippen LogP contribution in [0.15, 0.2) is 22.7 Å². The van der Waals surface area contributed by atoms with E-state index in [0.717, 1.165) is 12.8 Å². The maximum atomic E-state index is 11.9. The van der Waals surface area contributed by atoms with Crippen LogP contribution >= 0.6 is 15.9 Å². The molecule has 1 aromatic carbocycles. The molecule has 2 rings (SSSR count). The summed E-state index contributed by atoms with van der Waals surface area (Å²) >= 11 is 3.17. The summed E-state index contributed by atoms with van der Waals surface area (Å²) < 4.78 is 0.503. The number of aromatic carboxylic acids is 1. The van der Waals surface area contributed by atoms with Crippen LogP contribution < -0.4 is 5.32 Å². The minimum absolute atomic E-state index is 0.0121. The van der Waals surface area contributed by atoms with Crippen molar-refractivity contribution in [2.24, 2.45) is 11.8 Å². The zero-order chi connectivity index (χ0) is 13.3. The molecule has 0 saturated heterocycles. The molecule has 4 nitrogen and oxygen atoms in total. The lowest BCUT2D eigenvalue weighted by Crippen LogP contribution is -2.22. The summed E-state index contributed by atoms with van der Waals surface area (Å²) in [6, 6.07) is 4.78. The number of halogens is 1. The van der Waals surface area contributed by atoms with Gasteiger partial charge in [0.2, 0.25) is 5.91 Å². The molecule has 1 unspecified atom stereocenters. The SMILES string of the molecule is CC(C(=O)Nc1ccc(Br)c(C(=O)O)c1)C1CC1. The number of amides is 1. The monoisotopic (exact) mass is 311 g/mol. The Labute approximate surface area is 114 Å². The van der Waals surface area contributed by atoms with Crippen LogP contribution in [0, 0.1) is 11.8 Å². The van der Waals surface area contributed by atoms with E-state index < -0.39 is 5.97 Å². The molecule has 1 aromatic rings. The molecule has 0 radical (unpaired) electrons. The van der Waals surface area contributed by atoms with Gasteiger partial charge in [-0.25, -0.2) is 4.79 Å². The quantitative estimate of drug-likeness (QED) is 0.897. The first-order valence-corrected chi connectivity index (χ1v) is 6.62. The summed E-state index contributed by atoms with van der Waals surface area (Å²) in [5, 5.41) is 11.8. The highest BCUT2D eigenvalue weighted by molar-refractivity contribution is 9.10. The highest BCUT2D eigenvalue weighted by Crippen LogP contribution is 2.37. The Balaban J connectivity index is 2.11. The molecule has 0 spiro atoms. The summed E-state index contributed by atoms with van der Waals surface area (Å²) in [6.07, 6.45) is 2.21. The molecule has 1 aliphatic rings. The van der Waals surface area contributed by atoms with E-state index in [2.05, 4.69) is 21.2 Å². The predicted molar refractivity (Wildman–Crippen MR) is 71.6 cm³/mol. The molecule has 1 amide bonds. The fraction of sp³-hybridized carbons (Fsp3) is 0.385. The van der Waals surface area contributed by atoms with E-state index >= 15 is 0 Å². The third kappa shape index (κ3) is 2.90. The van der Waals surface area contributed by atoms with Gasteiger partial charge in [-0.3, -0.25) is 4.79 Å². The van der Waals surface area contributed by atoms with E-state index in [-0.39, 0.29) is 17.4 Å². The smallest absolute Gasteiger partial charge is 0.336 e. The standard InChI is InChI=1S/C13H14BrNO3/c1-7(8-2-3-8)12(16)15-9-4-5-11(14)10(6-9)13(17)18/h4-8H,2-3H2,1H3,(H,15,16)(H,17,18). The van der Waals surface area contributed by atoms with E-state index in [4.69, 9.17) is 5.11 Å². The van der Waals surface area contributed by atoms with Crippen molar-refractivity contribution in [1.29, 1.82) is 0 Å². The van der Waals surface area contributed by atoms with Crippen LogP contribution in [0.4, 0.5) is 5.69 Å². The topological polar surface area (TPSA) is 66.4 Å². The Morgan fingerprint density at radius 1 is 1.44 bits per heavy atom. The summed E-state index contributed by atoms with van der Waals surface area (Å²) in [7, 11) is 0. The average Bonchev–Trinajstić information content (AvgIpc) is 3.14. The van der Waals surface area contributed by atoms with Gasteiger partial charge in [-0.2, -0.15) is 0 Å². The van der Waals surface area contributed by atoms with Gasteiger partial charge in [-0.1, -0.05) is 6.92 Å². The second kappa shape index (κ2) is 5.10. The number of anilines is 1. The van der Waals surface area contributed by atoms with Crippen LogP contribution in [0.3, 0.4) is 0 Å². The molecule has 1 aliphatic carbocycles. The Morgan fingerprint density at radius 3 is 2.67 bits per heavy atom. The lowest BCUT2D eigenvalue weighted by Gasteiger charge is -2.11. The van der Waals surface area contributed by atoms with E-state index in [1.807, 2.05) is 6.92 Å². The number of benzene rings is 1. The van der Waals surface area contributed by atoms with Crippen molar-refractivity contribution in [1.82, 2.24) is 0 Å². The Hall–Kier alpha value is -1.36. The number of rotatable bonds is 4. The zero-order valence-corrected chi connectivity index (χ0v) is 11.5. The predicted octanol–water partition coefficient (Wildman–Crippen LogP) is 3.13. The van der Waals surface area contributed by atoms with Gasteiger partial charge in [0, 0.05) is 16.1 Å². The van der Waals surface area contributed by atoms with E-state index in [0.29, 0.717) is 16.1 Å². The van der Waals surface area contributed by atoms with Crippen LogP contribution in [-0.2, 0) is 4.79 Å². The van der Waals surface area contributed by atoms with Crippen molar-refractivity contribution in [2.45, 2.75) is 19.8 Å². The van der Waals surface area contributed by atoms with Crippen molar-refractivity contribution >= 4 is 33.5 Å². The van der Waals surface area contributed by atoms with Crippen LogP contribution in [0.25, 0.3) is 0 Å². The fourth-order valence-electron chi connectivity index (χ4n) is 1.83. The van der Waals surface area contributed by atoms with Gasteiger partial charge in [0.05, 0.1) is 5.56 Å². The van der Waals surface area contributed by atoms with Crippen LogP contribution in [0.5, 0.6) is 0 Å². The maximum Gasteiger partial charge on any atom is 0.336 e. The number of hydrogen-bond donors (Lipinski definition) is 2. The molecule has 96 valence electrons. The highest BCUT2D eigenvalue weighted by Gasteiger charge is 2.32. The maximum absolute atomic E-state index is 11.9. The molecule has 1 saturated carbocycles. The van der Waals surface area contributed by atoms with Gasteiger partial charge in [0.15, 0.2) is 0 Å². The Bertz CT molecular complexity index is 497. The van der Waals surface area contributed by atoms with Gasteiger partial charge in [0.25, 0.3) is 0 Å². The van der Waals surface area contributed by atoms with E-state index in [1.54, 1.807) is 12.1 Å². The van der Waals surface area contributed by atoms with Crippen molar-refractivity contribution < 1.29 is 14.7 Å². The third-order valence-corrected chi connectivity index (χ3v) is 3.90. The number of carboxylic acid groups (broad SMARTS) is 1. The first-order chi connectivity index (χ1) is 8.49. The van der Waals surface area contributed by atoms with E-state index in [9.17, 15) is 9.59 Å². The second-order valence-corrected chi connectivity index (χ2v) is 5.47. The van der Waals surface area contributed by atoms with Crippen molar-refractivity contribution in [3.05, 3.63) is 28.2 Å². The molecule has 0 heterocycles. The van der Waals surface area contributed by atoms with Crippen LogP contribution in [0.2, 0.25) is 0 Å². The normalized spacial score (nSPS) is 16.1. The number of carbonyl (C=O) groups excluding carboxylic acids is 1. The number of carboxylic acids is 1. The van der Waals surface area contributed by atoms with Crippen LogP contribution in [0.1, 0.15) is 30.1 Å². The molecule has 0 aliphatic heterocycles. The molecule has 2 N–H and O–H groups in total. The number of carbonyl (C=O) groups is 2. The van der Waals surface area contributed by atoms with Gasteiger partial charge in [-0.15, -0.1) is 0 Å². The van der Waals surface area contributed by atoms with Crippen molar-refractivity contribution in [2.75, 3.05) is 5.32 Å². The number of nitrogens with one attached hydrogen (secondary N) is 1. The highest BCUT2D eigenvalue weighted by atomic mass is 79.9. The molecule has 5 heteroatoms. The lowest BCUT2D eigenvalue weighted by molar-refractivity contribution is -0.119. The summed E-state index contributed by atoms with van der Waals surface area (Å²) in [5.41, 5.74) is 0.667. The fourth-order valence-corrected chi connectivity index (χ4v) is 2.25. The van der Waals surface area contributed by atoms with Gasteiger partial charge >= 0.3 is 5.97 Å². The largest absolute Gasteiger partial charge is 0.478 e. The summed E-state index contributed by atoms with van der Waals surface area (Å²) in [6.45, 7) is 1.91. The second-order valence-electron chi connectivity index (χ2n) is 4.62. The molecule has 18 heavy (non-hydrogen) atoms. The number of hydrogen-bond acceptors (Lipinski definition) is 2. The minimum atomic E-state index is -1.02. The molecule has 0 aromatic heterocycles. The Morgan fingerprint density at radius 2 is 2.11 bits per heavy atom. The van der Waals surface area contributed by atoms with Crippen LogP contribution in [-0.4, -0.2) is 17.0 Å². The van der Waals surface area contributed by atoms with Gasteiger partial charge < -0.3 is 10.4 Å². The molecule has 0 bridgehead atoms. The first-order valence-electron chi connectivity index (χ1n) is 5.82. The van der Waals surface area contributed by atoms with Gasteiger partial charge in [0.1, 0.15) is 0 Å². The molecule has 1 atom stereocenters.